The van der Waals surface area contributed by atoms with Gasteiger partial charge in [-0.1, -0.05) is 19.3 Å². The molecule has 3 heteroatoms. The Morgan fingerprint density at radius 2 is 2.31 bits per heavy atom. The molecular weight excluding hydrogens is 200 g/mol. The average Bonchev–Trinajstić information content (AvgIpc) is 2.22. The lowest BCUT2D eigenvalue weighted by Gasteiger charge is -2.24. The lowest BCUT2D eigenvalue weighted by molar-refractivity contribution is 0.221. The second-order valence-electron chi connectivity index (χ2n) is 4.64. The molecule has 2 N–H and O–H groups in total. The molecule has 1 saturated carbocycles. The lowest BCUT2D eigenvalue weighted by atomic mass is 9.83. The van der Waals surface area contributed by atoms with Gasteiger partial charge in [-0.2, -0.15) is 0 Å². The molecular formula is C13H20N2O. The molecule has 88 valence electrons. The molecule has 0 bridgehead atoms. The molecule has 1 heterocycles. The van der Waals surface area contributed by atoms with E-state index >= 15 is 0 Å². The fourth-order valence-corrected chi connectivity index (χ4v) is 1.87. The Kier molecular flexibility index (Phi) is 3.78. The third-order valence-electron chi connectivity index (χ3n) is 3.25. The van der Waals surface area contributed by atoms with Crippen molar-refractivity contribution in [3.05, 3.63) is 24.0 Å². The number of hydrogen-bond donors (Lipinski definition) is 1. The first-order valence-electron chi connectivity index (χ1n) is 6.10. The van der Waals surface area contributed by atoms with Crippen LogP contribution in [-0.2, 0) is 0 Å². The van der Waals surface area contributed by atoms with E-state index in [9.17, 15) is 0 Å². The number of ether oxygens (including phenoxy) is 1. The highest BCUT2D eigenvalue weighted by molar-refractivity contribution is 5.21. The van der Waals surface area contributed by atoms with Gasteiger partial charge in [0.15, 0.2) is 0 Å². The highest BCUT2D eigenvalue weighted by atomic mass is 16.5. The van der Waals surface area contributed by atoms with E-state index in [1.54, 1.807) is 6.20 Å². The van der Waals surface area contributed by atoms with Gasteiger partial charge in [0.05, 0.1) is 18.5 Å². The maximum atomic E-state index is 5.73. The molecule has 0 saturated heterocycles. The van der Waals surface area contributed by atoms with Gasteiger partial charge in [0, 0.05) is 6.04 Å². The number of rotatable bonds is 5. The topological polar surface area (TPSA) is 48.1 Å². The van der Waals surface area contributed by atoms with Gasteiger partial charge in [-0.25, -0.2) is 0 Å². The van der Waals surface area contributed by atoms with Crippen LogP contribution in [0, 0.1) is 5.92 Å². The van der Waals surface area contributed by atoms with Crippen LogP contribution in [0.3, 0.4) is 0 Å². The zero-order valence-corrected chi connectivity index (χ0v) is 9.86. The number of nitrogens with zero attached hydrogens (tertiary/aromatic N) is 1. The molecule has 0 spiro atoms. The van der Waals surface area contributed by atoms with Crippen LogP contribution in [0.4, 0.5) is 0 Å². The van der Waals surface area contributed by atoms with Crippen LogP contribution in [0.1, 0.15) is 44.3 Å². The summed E-state index contributed by atoms with van der Waals surface area (Å²) >= 11 is 0. The molecule has 0 unspecified atom stereocenters. The van der Waals surface area contributed by atoms with Crippen molar-refractivity contribution >= 4 is 0 Å². The molecule has 0 aromatic carbocycles. The van der Waals surface area contributed by atoms with Crippen molar-refractivity contribution in [1.29, 1.82) is 0 Å². The first-order valence-corrected chi connectivity index (χ1v) is 6.10. The Hall–Kier alpha value is -1.09. The van der Waals surface area contributed by atoms with E-state index in [1.807, 2.05) is 19.1 Å². The summed E-state index contributed by atoms with van der Waals surface area (Å²) in [6.07, 6.45) is 7.10. The quantitative estimate of drug-likeness (QED) is 0.830. The minimum Gasteiger partial charge on any atom is -0.492 e. The van der Waals surface area contributed by atoms with E-state index in [2.05, 4.69) is 4.98 Å². The van der Waals surface area contributed by atoms with Crippen LogP contribution >= 0.6 is 0 Å². The highest BCUT2D eigenvalue weighted by Gasteiger charge is 2.16. The van der Waals surface area contributed by atoms with Crippen LogP contribution in [0.25, 0.3) is 0 Å². The maximum absolute atomic E-state index is 5.73. The summed E-state index contributed by atoms with van der Waals surface area (Å²) in [5.74, 6) is 1.75. The zero-order chi connectivity index (χ0) is 11.4. The Balaban J connectivity index is 1.75. The number of pyridine rings is 1. The number of nitrogens with two attached hydrogens (primary N) is 1. The first-order chi connectivity index (χ1) is 7.75. The Morgan fingerprint density at radius 3 is 2.81 bits per heavy atom. The summed E-state index contributed by atoms with van der Waals surface area (Å²) in [5.41, 5.74) is 6.63. The van der Waals surface area contributed by atoms with Crippen molar-refractivity contribution in [2.45, 2.75) is 38.6 Å². The molecule has 0 radical (unpaired) electrons. The van der Waals surface area contributed by atoms with Crippen LogP contribution < -0.4 is 10.5 Å². The summed E-state index contributed by atoms with van der Waals surface area (Å²) in [6.45, 7) is 2.74. The van der Waals surface area contributed by atoms with Crippen molar-refractivity contribution in [1.82, 2.24) is 4.98 Å². The van der Waals surface area contributed by atoms with Gasteiger partial charge in [0.1, 0.15) is 5.75 Å². The third-order valence-corrected chi connectivity index (χ3v) is 3.25. The van der Waals surface area contributed by atoms with Crippen molar-refractivity contribution in [3.8, 4) is 5.75 Å². The molecule has 1 aliphatic rings. The standard InChI is InChI=1S/C13H20N2O/c1-10(14)13-6-5-12(9-15-13)16-8-7-11-3-2-4-11/h5-6,9-11H,2-4,7-8,14H2,1H3/t10-/m1/s1. The molecule has 2 rings (SSSR count). The van der Waals surface area contributed by atoms with E-state index in [0.29, 0.717) is 0 Å². The van der Waals surface area contributed by atoms with Crippen molar-refractivity contribution in [2.75, 3.05) is 6.61 Å². The fourth-order valence-electron chi connectivity index (χ4n) is 1.87. The summed E-state index contributed by atoms with van der Waals surface area (Å²) in [7, 11) is 0. The van der Waals surface area contributed by atoms with E-state index in [4.69, 9.17) is 10.5 Å². The predicted octanol–water partition coefficient (Wildman–Crippen LogP) is 2.67. The molecule has 1 aromatic rings. The predicted molar refractivity (Wildman–Crippen MR) is 64.3 cm³/mol. The smallest absolute Gasteiger partial charge is 0.137 e. The van der Waals surface area contributed by atoms with Gasteiger partial charge < -0.3 is 10.5 Å². The maximum Gasteiger partial charge on any atom is 0.137 e. The molecule has 1 atom stereocenters. The largest absolute Gasteiger partial charge is 0.492 e. The molecule has 3 nitrogen and oxygen atoms in total. The van der Waals surface area contributed by atoms with Crippen LogP contribution in [0.2, 0.25) is 0 Å². The third kappa shape index (κ3) is 2.95. The SMILES string of the molecule is C[C@@H](N)c1ccc(OCCC2CCC2)cn1. The van der Waals surface area contributed by atoms with E-state index in [1.165, 1.54) is 25.7 Å². The van der Waals surface area contributed by atoms with E-state index < -0.39 is 0 Å². The fraction of sp³-hybridized carbons (Fsp3) is 0.615. The van der Waals surface area contributed by atoms with Crippen molar-refractivity contribution < 1.29 is 4.74 Å². The lowest BCUT2D eigenvalue weighted by Crippen LogP contribution is -2.14. The summed E-state index contributed by atoms with van der Waals surface area (Å²) < 4.78 is 5.64. The average molecular weight is 220 g/mol. The van der Waals surface area contributed by atoms with E-state index in [-0.39, 0.29) is 6.04 Å². The van der Waals surface area contributed by atoms with Gasteiger partial charge >= 0.3 is 0 Å². The summed E-state index contributed by atoms with van der Waals surface area (Å²) in [4.78, 5) is 4.26. The monoisotopic (exact) mass is 220 g/mol. The summed E-state index contributed by atoms with van der Waals surface area (Å²) in [6, 6.07) is 3.87. The minimum atomic E-state index is -0.0102. The van der Waals surface area contributed by atoms with Crippen LogP contribution in [0.5, 0.6) is 5.75 Å². The van der Waals surface area contributed by atoms with Gasteiger partial charge in [0.2, 0.25) is 0 Å². The number of aromatic nitrogens is 1. The number of hydrogen-bond acceptors (Lipinski definition) is 3. The molecule has 16 heavy (non-hydrogen) atoms. The Labute approximate surface area is 97.0 Å². The molecule has 0 aliphatic heterocycles. The van der Waals surface area contributed by atoms with Crippen LogP contribution in [0.15, 0.2) is 18.3 Å². The summed E-state index contributed by atoms with van der Waals surface area (Å²) in [5, 5.41) is 0. The minimum absolute atomic E-state index is 0.0102. The highest BCUT2D eigenvalue weighted by Crippen LogP contribution is 2.29. The second-order valence-corrected chi connectivity index (χ2v) is 4.64. The van der Waals surface area contributed by atoms with E-state index in [0.717, 1.165) is 24.0 Å². The van der Waals surface area contributed by atoms with Gasteiger partial charge in [0.25, 0.3) is 0 Å². The zero-order valence-electron chi connectivity index (χ0n) is 9.86. The van der Waals surface area contributed by atoms with Gasteiger partial charge in [-0.15, -0.1) is 0 Å². The van der Waals surface area contributed by atoms with Gasteiger partial charge in [-0.05, 0) is 31.4 Å². The van der Waals surface area contributed by atoms with Crippen molar-refractivity contribution in [2.24, 2.45) is 11.7 Å². The normalized spacial score (nSPS) is 17.9. The molecule has 1 aromatic heterocycles. The van der Waals surface area contributed by atoms with Crippen LogP contribution in [-0.4, -0.2) is 11.6 Å². The second kappa shape index (κ2) is 5.30. The van der Waals surface area contributed by atoms with Gasteiger partial charge in [-0.3, -0.25) is 4.98 Å². The molecule has 0 amide bonds. The Morgan fingerprint density at radius 1 is 1.50 bits per heavy atom. The molecule has 1 aliphatic carbocycles. The first kappa shape index (κ1) is 11.4. The molecule has 1 fully saturated rings. The van der Waals surface area contributed by atoms with Crippen molar-refractivity contribution in [3.63, 3.8) is 0 Å². The Bertz CT molecular complexity index is 317.